The monoisotopic (exact) mass is 454 g/mol. The van der Waals surface area contributed by atoms with E-state index in [1.807, 2.05) is 12.1 Å². The van der Waals surface area contributed by atoms with Crippen LogP contribution < -0.4 is 5.32 Å². The molecule has 32 heavy (non-hydrogen) atoms. The van der Waals surface area contributed by atoms with Crippen molar-refractivity contribution in [2.45, 2.75) is 24.4 Å². The van der Waals surface area contributed by atoms with E-state index in [1.54, 1.807) is 12.4 Å². The van der Waals surface area contributed by atoms with Gasteiger partial charge in [0.25, 0.3) is 0 Å². The predicted molar refractivity (Wildman–Crippen MR) is 114 cm³/mol. The smallest absolute Gasteiger partial charge is 0.104 e. The summed E-state index contributed by atoms with van der Waals surface area (Å²) >= 11 is 0. The third-order valence-electron chi connectivity index (χ3n) is 5.28. The molecule has 0 saturated carbocycles. The number of anilines is 1. The largest absolute Gasteiger partial charge is 0.389 e. The second-order valence-corrected chi connectivity index (χ2v) is 8.70. The van der Waals surface area contributed by atoms with Crippen LogP contribution in [0.15, 0.2) is 24.5 Å². The lowest BCUT2D eigenvalue weighted by atomic mass is 9.92. The maximum Gasteiger partial charge on any atom is 0.104 e. The molecular weight excluding hydrogens is 420 g/mol. The van der Waals surface area contributed by atoms with Crippen molar-refractivity contribution >= 4 is 5.69 Å². The van der Waals surface area contributed by atoms with Crippen molar-refractivity contribution in [3.8, 4) is 0 Å². The fourth-order valence-electron chi connectivity index (χ4n) is 3.14. The van der Waals surface area contributed by atoms with Crippen LogP contribution in [0.2, 0.25) is 0 Å². The first-order valence-corrected chi connectivity index (χ1v) is 11.2. The van der Waals surface area contributed by atoms with Crippen LogP contribution in [0.3, 0.4) is 0 Å². The second kappa shape index (κ2) is 12.2. The van der Waals surface area contributed by atoms with Crippen LogP contribution >= 0.6 is 0 Å². The molecule has 0 radical (unpaired) electrons. The minimum Gasteiger partial charge on any atom is -0.389 e. The molecule has 0 bridgehead atoms. The van der Waals surface area contributed by atoms with Gasteiger partial charge in [-0.05, 0) is 12.1 Å². The molecule has 4 rings (SSSR count). The van der Waals surface area contributed by atoms with Crippen molar-refractivity contribution in [2.75, 3.05) is 84.5 Å². The fourth-order valence-corrected chi connectivity index (χ4v) is 3.14. The minimum absolute atomic E-state index is 0.177. The van der Waals surface area contributed by atoms with E-state index in [2.05, 4.69) is 10.3 Å². The number of nitrogens with zero attached hydrogens (tertiary/aromatic N) is 1. The first-order chi connectivity index (χ1) is 15.7. The predicted octanol–water partition coefficient (Wildman–Crippen LogP) is 0.104. The van der Waals surface area contributed by atoms with E-state index in [1.165, 1.54) is 0 Å². The molecule has 3 aliphatic rings. The number of epoxide rings is 3. The highest BCUT2D eigenvalue weighted by molar-refractivity contribution is 5.40. The van der Waals surface area contributed by atoms with Crippen LogP contribution in [0.1, 0.15) is 0 Å². The Bertz CT molecular complexity index is 609. The topological polar surface area (TPSA) is 120 Å². The number of aromatic nitrogens is 1. The number of nitrogens with one attached hydrogen (secondary N) is 1. The molecule has 10 heteroatoms. The fraction of sp³-hybridized carbons (Fsp3) is 0.773. The molecular formula is C22H34N2O8. The van der Waals surface area contributed by atoms with Crippen molar-refractivity contribution in [2.24, 2.45) is 5.41 Å². The van der Waals surface area contributed by atoms with E-state index in [-0.39, 0.29) is 24.9 Å². The Hall–Kier alpha value is -1.37. The van der Waals surface area contributed by atoms with Gasteiger partial charge in [-0.3, -0.25) is 4.98 Å². The molecule has 0 amide bonds. The molecule has 1 aromatic rings. The molecule has 0 spiro atoms. The molecule has 1 aromatic heterocycles. The Labute approximate surface area is 188 Å². The number of pyridine rings is 1. The Balaban J connectivity index is 1.24. The second-order valence-electron chi connectivity index (χ2n) is 8.70. The molecule has 3 fully saturated rings. The van der Waals surface area contributed by atoms with Crippen molar-refractivity contribution < 1.29 is 38.3 Å². The quantitative estimate of drug-likeness (QED) is 0.279. The van der Waals surface area contributed by atoms with Gasteiger partial charge in [0.2, 0.25) is 0 Å². The molecule has 2 N–H and O–H groups in total. The van der Waals surface area contributed by atoms with Gasteiger partial charge in [0, 0.05) is 24.6 Å². The van der Waals surface area contributed by atoms with Gasteiger partial charge in [0.05, 0.1) is 84.2 Å². The number of ether oxygens (including phenoxy) is 7. The maximum atomic E-state index is 10.3. The molecule has 180 valence electrons. The van der Waals surface area contributed by atoms with Crippen LogP contribution in [0, 0.1) is 5.41 Å². The van der Waals surface area contributed by atoms with E-state index >= 15 is 0 Å². The Kier molecular flexibility index (Phi) is 9.06. The van der Waals surface area contributed by atoms with Crippen LogP contribution in [0.4, 0.5) is 5.69 Å². The lowest BCUT2D eigenvalue weighted by molar-refractivity contribution is -0.116. The summed E-state index contributed by atoms with van der Waals surface area (Å²) in [4.78, 5) is 3.98. The highest BCUT2D eigenvalue weighted by atomic mass is 16.6. The van der Waals surface area contributed by atoms with E-state index in [9.17, 15) is 5.11 Å². The van der Waals surface area contributed by atoms with Crippen LogP contribution in [-0.4, -0.2) is 114 Å². The van der Waals surface area contributed by atoms with Gasteiger partial charge in [-0.25, -0.2) is 0 Å². The van der Waals surface area contributed by atoms with E-state index in [0.29, 0.717) is 52.8 Å². The normalized spacial score (nSPS) is 26.3. The summed E-state index contributed by atoms with van der Waals surface area (Å²) in [7, 11) is 0. The van der Waals surface area contributed by atoms with Crippen LogP contribution in [-0.2, 0) is 33.2 Å². The van der Waals surface area contributed by atoms with Crippen LogP contribution in [0.5, 0.6) is 0 Å². The molecule has 4 unspecified atom stereocenters. The number of aliphatic hydroxyl groups is 1. The SMILES string of the molecule is OC(CNc1ccncc1)COCC(COCC1CO1)(COCC1CO1)COCC1CO1. The summed E-state index contributed by atoms with van der Waals surface area (Å²) < 4.78 is 39.4. The molecule has 4 heterocycles. The Morgan fingerprint density at radius 1 is 0.875 bits per heavy atom. The Morgan fingerprint density at radius 3 is 1.81 bits per heavy atom. The van der Waals surface area contributed by atoms with Gasteiger partial charge >= 0.3 is 0 Å². The zero-order valence-electron chi connectivity index (χ0n) is 18.4. The molecule has 10 nitrogen and oxygen atoms in total. The standard InChI is InChI=1S/C22H34N2O8/c25-18(5-24-17-1-3-23-4-2-17)6-26-13-22(14-27-7-19-10-30-19,15-28-8-20-11-31-20)16-29-9-21-12-32-21/h1-4,18-21,25H,5-16H2,(H,23,24). The van der Waals surface area contributed by atoms with Gasteiger partial charge in [-0.2, -0.15) is 0 Å². The highest BCUT2D eigenvalue weighted by Crippen LogP contribution is 2.24. The molecule has 0 aliphatic carbocycles. The summed E-state index contributed by atoms with van der Waals surface area (Å²) in [5.74, 6) is 0. The highest BCUT2D eigenvalue weighted by Gasteiger charge is 2.36. The maximum absolute atomic E-state index is 10.3. The van der Waals surface area contributed by atoms with Crippen molar-refractivity contribution in [1.29, 1.82) is 0 Å². The molecule has 3 saturated heterocycles. The van der Waals surface area contributed by atoms with Crippen molar-refractivity contribution in [1.82, 2.24) is 4.98 Å². The third-order valence-corrected chi connectivity index (χ3v) is 5.28. The van der Waals surface area contributed by atoms with Gasteiger partial charge in [-0.15, -0.1) is 0 Å². The summed E-state index contributed by atoms with van der Waals surface area (Å²) in [6.07, 6.45) is 3.27. The van der Waals surface area contributed by atoms with Crippen molar-refractivity contribution in [3.63, 3.8) is 0 Å². The van der Waals surface area contributed by atoms with E-state index < -0.39 is 11.5 Å². The molecule has 4 atom stereocenters. The molecule has 0 aromatic carbocycles. The van der Waals surface area contributed by atoms with Crippen molar-refractivity contribution in [3.05, 3.63) is 24.5 Å². The zero-order valence-corrected chi connectivity index (χ0v) is 18.4. The van der Waals surface area contributed by atoms with E-state index in [4.69, 9.17) is 33.2 Å². The van der Waals surface area contributed by atoms with Gasteiger partial charge in [0.1, 0.15) is 18.3 Å². The lowest BCUT2D eigenvalue weighted by Crippen LogP contribution is -2.43. The van der Waals surface area contributed by atoms with Crippen LogP contribution in [0.25, 0.3) is 0 Å². The summed E-state index contributed by atoms with van der Waals surface area (Å²) in [5.41, 5.74) is 0.396. The van der Waals surface area contributed by atoms with Gasteiger partial charge in [-0.1, -0.05) is 0 Å². The summed E-state index contributed by atoms with van der Waals surface area (Å²) in [6, 6.07) is 3.70. The third kappa shape index (κ3) is 9.24. The van der Waals surface area contributed by atoms with Gasteiger partial charge in [0.15, 0.2) is 0 Å². The van der Waals surface area contributed by atoms with E-state index in [0.717, 1.165) is 25.5 Å². The zero-order chi connectivity index (χ0) is 22.1. The summed E-state index contributed by atoms with van der Waals surface area (Å²) in [5, 5.41) is 13.5. The summed E-state index contributed by atoms with van der Waals surface area (Å²) in [6.45, 7) is 5.97. The Morgan fingerprint density at radius 2 is 1.34 bits per heavy atom. The first kappa shape index (κ1) is 23.8. The average Bonchev–Trinajstić information content (AvgIpc) is 3.63. The number of aliphatic hydroxyl groups excluding tert-OH is 1. The number of hydrogen-bond acceptors (Lipinski definition) is 10. The number of rotatable bonds is 19. The lowest BCUT2D eigenvalue weighted by Gasteiger charge is -2.33. The van der Waals surface area contributed by atoms with Gasteiger partial charge < -0.3 is 43.6 Å². The average molecular weight is 455 g/mol. The molecule has 3 aliphatic heterocycles. The first-order valence-electron chi connectivity index (χ1n) is 11.2. The number of hydrogen-bond donors (Lipinski definition) is 2. The minimum atomic E-state index is -0.664.